The molecule has 2 N–H and O–H groups in total. The van der Waals surface area contributed by atoms with Crippen molar-refractivity contribution in [3.05, 3.63) is 109 Å². The number of aromatic nitrogens is 6. The summed E-state index contributed by atoms with van der Waals surface area (Å²) in [6, 6.07) is 31.4. The van der Waals surface area contributed by atoms with E-state index in [0.717, 1.165) is 72.0 Å². The first-order chi connectivity index (χ1) is 22.1. The number of pyridine rings is 2. The Balaban J connectivity index is 1.09. The van der Waals surface area contributed by atoms with E-state index in [1.54, 1.807) is 6.20 Å². The Morgan fingerprint density at radius 2 is 1.64 bits per heavy atom. The van der Waals surface area contributed by atoms with Crippen LogP contribution >= 0.6 is 0 Å². The predicted octanol–water partition coefficient (Wildman–Crippen LogP) is 5.25. The highest BCUT2D eigenvalue weighted by Gasteiger charge is 2.40. The van der Waals surface area contributed by atoms with Crippen molar-refractivity contribution in [1.29, 1.82) is 5.26 Å². The minimum Gasteiger partial charge on any atom is -0.383 e. The van der Waals surface area contributed by atoms with Gasteiger partial charge in [0.05, 0.1) is 11.3 Å². The topological polar surface area (TPSA) is 126 Å². The second kappa shape index (κ2) is 11.1. The number of nitrogen functional groups attached to an aromatic ring is 1. The third-order valence-electron chi connectivity index (χ3n) is 8.84. The van der Waals surface area contributed by atoms with Gasteiger partial charge in [0.25, 0.3) is 0 Å². The summed E-state index contributed by atoms with van der Waals surface area (Å²) in [5, 5.41) is 9.31. The number of hydrogen-bond donors (Lipinski definition) is 1. The first kappa shape index (κ1) is 26.9. The Morgan fingerprint density at radius 1 is 0.844 bits per heavy atom. The molecule has 0 saturated carbocycles. The Kier molecular flexibility index (Phi) is 6.65. The van der Waals surface area contributed by atoms with Gasteiger partial charge in [-0.05, 0) is 54.8 Å². The van der Waals surface area contributed by atoms with Gasteiger partial charge in [-0.25, -0.2) is 24.9 Å². The molecule has 10 nitrogen and oxygen atoms in total. The number of piperazine rings is 1. The molecule has 2 fully saturated rings. The summed E-state index contributed by atoms with van der Waals surface area (Å²) in [7, 11) is 0. The van der Waals surface area contributed by atoms with Crippen molar-refractivity contribution in [3.63, 3.8) is 0 Å². The van der Waals surface area contributed by atoms with E-state index in [4.69, 9.17) is 15.7 Å². The maximum atomic E-state index is 9.31. The molecule has 2 atom stereocenters. The van der Waals surface area contributed by atoms with E-state index in [-0.39, 0.29) is 0 Å². The number of benzene rings is 2. The molecule has 220 valence electrons. The summed E-state index contributed by atoms with van der Waals surface area (Å²) in [5.41, 5.74) is 13.2. The molecule has 0 radical (unpaired) electrons. The van der Waals surface area contributed by atoms with Crippen molar-refractivity contribution >= 4 is 22.8 Å². The molecule has 6 aromatic rings. The lowest BCUT2D eigenvalue weighted by Gasteiger charge is -2.41. The van der Waals surface area contributed by atoms with Gasteiger partial charge in [-0.2, -0.15) is 5.26 Å². The predicted molar refractivity (Wildman–Crippen MR) is 173 cm³/mol. The van der Waals surface area contributed by atoms with Crippen LogP contribution in [0, 0.1) is 11.3 Å². The Hall–Kier alpha value is -5.66. The molecule has 2 unspecified atom stereocenters. The zero-order chi connectivity index (χ0) is 30.3. The van der Waals surface area contributed by atoms with Gasteiger partial charge < -0.3 is 10.6 Å². The minimum atomic E-state index is 0.374. The summed E-state index contributed by atoms with van der Waals surface area (Å²) in [4.78, 5) is 27.9. The molecule has 8 rings (SSSR count). The fraction of sp³-hybridized carbons (Fsp3) is 0.200. The van der Waals surface area contributed by atoms with Crippen LogP contribution in [0.15, 0.2) is 97.5 Å². The summed E-state index contributed by atoms with van der Waals surface area (Å²) < 4.78 is 2.08. The quantitative estimate of drug-likeness (QED) is 0.277. The third kappa shape index (κ3) is 4.93. The van der Waals surface area contributed by atoms with Crippen molar-refractivity contribution in [3.8, 4) is 34.4 Å². The molecule has 4 aromatic heterocycles. The lowest BCUT2D eigenvalue weighted by Crippen LogP contribution is -2.53. The largest absolute Gasteiger partial charge is 0.383 e. The van der Waals surface area contributed by atoms with E-state index in [2.05, 4.69) is 71.8 Å². The van der Waals surface area contributed by atoms with Crippen molar-refractivity contribution in [2.45, 2.75) is 31.5 Å². The smallest absolute Gasteiger partial charge is 0.165 e. The highest BCUT2D eigenvalue weighted by Crippen LogP contribution is 2.35. The average molecular weight is 591 g/mol. The molecule has 2 aliphatic heterocycles. The summed E-state index contributed by atoms with van der Waals surface area (Å²) in [5.74, 6) is 1.99. The first-order valence-electron chi connectivity index (χ1n) is 15.1. The van der Waals surface area contributed by atoms with E-state index >= 15 is 0 Å². The summed E-state index contributed by atoms with van der Waals surface area (Å²) >= 11 is 0. The number of nitrogens with zero attached hydrogens (tertiary/aromatic N) is 9. The molecule has 2 saturated heterocycles. The van der Waals surface area contributed by atoms with E-state index < -0.39 is 0 Å². The number of nitriles is 1. The summed E-state index contributed by atoms with van der Waals surface area (Å²) in [6.45, 7) is 2.76. The maximum Gasteiger partial charge on any atom is 0.165 e. The molecule has 0 aliphatic carbocycles. The number of rotatable bonds is 6. The van der Waals surface area contributed by atoms with Crippen molar-refractivity contribution in [2.24, 2.45) is 0 Å². The molecule has 2 bridgehead atoms. The molecule has 2 aromatic carbocycles. The van der Waals surface area contributed by atoms with E-state index in [9.17, 15) is 5.26 Å². The van der Waals surface area contributed by atoms with Crippen LogP contribution in [0.1, 0.15) is 24.1 Å². The average Bonchev–Trinajstić information content (AvgIpc) is 3.59. The number of imidazole rings is 1. The standard InChI is InChI=1S/C35H30N10/c36-18-25-17-32(40-22-39-25)44-27-12-13-28(44)21-43(20-27)19-23-8-10-26(11-9-23)45-34(29-7-4-16-38-33(29)37)42-31-15-14-30(41-35(31)45)24-5-2-1-3-6-24/h1-11,14-17,22,27-28H,12-13,19-21H2,(H2,37,38). The second-order valence-corrected chi connectivity index (χ2v) is 11.6. The fourth-order valence-electron chi connectivity index (χ4n) is 6.81. The molecule has 2 aliphatic rings. The zero-order valence-electron chi connectivity index (χ0n) is 24.5. The van der Waals surface area contributed by atoms with E-state index in [1.165, 1.54) is 11.9 Å². The number of likely N-dealkylation sites (tertiary alicyclic amines) is 1. The van der Waals surface area contributed by atoms with Gasteiger partial charge in [-0.3, -0.25) is 9.47 Å². The Morgan fingerprint density at radius 3 is 2.40 bits per heavy atom. The van der Waals surface area contributed by atoms with Gasteiger partial charge in [0.1, 0.15) is 35.2 Å². The van der Waals surface area contributed by atoms with Gasteiger partial charge in [0.2, 0.25) is 0 Å². The highest BCUT2D eigenvalue weighted by atomic mass is 15.3. The van der Waals surface area contributed by atoms with Gasteiger partial charge in [0, 0.05) is 55.2 Å². The molecule has 45 heavy (non-hydrogen) atoms. The lowest BCUT2D eigenvalue weighted by molar-refractivity contribution is 0.211. The number of fused-ring (bicyclic) bond motifs is 3. The highest BCUT2D eigenvalue weighted by molar-refractivity contribution is 5.84. The zero-order valence-corrected chi connectivity index (χ0v) is 24.5. The second-order valence-electron chi connectivity index (χ2n) is 11.6. The van der Waals surface area contributed by atoms with Gasteiger partial charge >= 0.3 is 0 Å². The number of anilines is 2. The van der Waals surface area contributed by atoms with E-state index in [0.29, 0.717) is 29.4 Å². The normalized spacial score (nSPS) is 17.9. The Labute approximate surface area is 260 Å². The van der Waals surface area contributed by atoms with Crippen molar-refractivity contribution in [2.75, 3.05) is 23.7 Å². The van der Waals surface area contributed by atoms with Crippen LogP contribution in [0.3, 0.4) is 0 Å². The van der Waals surface area contributed by atoms with Crippen LogP contribution in [-0.4, -0.2) is 59.6 Å². The van der Waals surface area contributed by atoms with Crippen LogP contribution in [-0.2, 0) is 6.54 Å². The van der Waals surface area contributed by atoms with Crippen LogP contribution in [0.2, 0.25) is 0 Å². The lowest BCUT2D eigenvalue weighted by atomic mass is 10.1. The van der Waals surface area contributed by atoms with Gasteiger partial charge in [-0.15, -0.1) is 0 Å². The van der Waals surface area contributed by atoms with Crippen LogP contribution in [0.25, 0.3) is 39.5 Å². The fourth-order valence-corrected chi connectivity index (χ4v) is 6.81. The summed E-state index contributed by atoms with van der Waals surface area (Å²) in [6.07, 6.45) is 5.43. The SMILES string of the molecule is N#Cc1cc(N2C3CCC2CN(Cc2ccc(-n4c(-c5cccnc5N)nc5ccc(-c6ccccc6)nc54)cc2)C3)ncn1. The van der Waals surface area contributed by atoms with Crippen LogP contribution in [0.4, 0.5) is 11.6 Å². The van der Waals surface area contributed by atoms with Crippen molar-refractivity contribution < 1.29 is 0 Å². The first-order valence-corrected chi connectivity index (χ1v) is 15.1. The molecular formula is C35H30N10. The minimum absolute atomic E-state index is 0.374. The third-order valence-corrected chi connectivity index (χ3v) is 8.84. The monoisotopic (exact) mass is 590 g/mol. The number of hydrogen-bond acceptors (Lipinski definition) is 9. The van der Waals surface area contributed by atoms with Gasteiger partial charge in [-0.1, -0.05) is 42.5 Å². The van der Waals surface area contributed by atoms with E-state index in [1.807, 2.05) is 48.5 Å². The molecule has 6 heterocycles. The van der Waals surface area contributed by atoms with Crippen LogP contribution in [0.5, 0.6) is 0 Å². The molecule has 10 heteroatoms. The number of nitrogens with two attached hydrogens (primary N) is 1. The molecule has 0 amide bonds. The van der Waals surface area contributed by atoms with Crippen LogP contribution < -0.4 is 10.6 Å². The van der Waals surface area contributed by atoms with Crippen molar-refractivity contribution in [1.82, 2.24) is 34.4 Å². The maximum absolute atomic E-state index is 9.31. The molecular weight excluding hydrogens is 560 g/mol. The van der Waals surface area contributed by atoms with Gasteiger partial charge in [0.15, 0.2) is 11.5 Å². The Bertz CT molecular complexity index is 2030. The molecule has 0 spiro atoms.